The van der Waals surface area contributed by atoms with E-state index >= 15 is 0 Å². The lowest BCUT2D eigenvalue weighted by molar-refractivity contribution is -0.142. The molecule has 0 aromatic heterocycles. The van der Waals surface area contributed by atoms with Crippen LogP contribution in [0.4, 0.5) is 10.5 Å². The molecule has 1 aliphatic carbocycles. The number of carboxylic acids is 1. The third kappa shape index (κ3) is 4.02. The van der Waals surface area contributed by atoms with Crippen LogP contribution in [0, 0.1) is 11.8 Å². The van der Waals surface area contributed by atoms with Gasteiger partial charge < -0.3 is 15.7 Å². The Balaban J connectivity index is 1.89. The zero-order chi connectivity index (χ0) is 15.4. The monoisotopic (exact) mass is 330 g/mol. The molecule has 0 bridgehead atoms. The van der Waals surface area contributed by atoms with E-state index in [1.807, 2.05) is 0 Å². The fourth-order valence-electron chi connectivity index (χ4n) is 2.61. The van der Waals surface area contributed by atoms with Gasteiger partial charge in [0.1, 0.15) is 0 Å². The van der Waals surface area contributed by atoms with Crippen molar-refractivity contribution in [2.75, 3.05) is 11.9 Å². The molecule has 1 aromatic carbocycles. The standard InChI is InChI=1S/C14H16Cl2N2O3/c15-10-5-2-6-11(16)12(10)18-14(21)17-7-8-3-1-4-9(8)13(19)20/h2,5-6,8-9H,1,3-4,7H2,(H,19,20)(H2,17,18,21). The van der Waals surface area contributed by atoms with Crippen molar-refractivity contribution in [3.8, 4) is 0 Å². The molecule has 0 saturated heterocycles. The second-order valence-electron chi connectivity index (χ2n) is 5.07. The number of nitrogens with one attached hydrogen (secondary N) is 2. The van der Waals surface area contributed by atoms with Crippen molar-refractivity contribution in [1.82, 2.24) is 5.32 Å². The number of aliphatic carboxylic acids is 1. The van der Waals surface area contributed by atoms with E-state index in [1.165, 1.54) is 0 Å². The van der Waals surface area contributed by atoms with E-state index < -0.39 is 12.0 Å². The summed E-state index contributed by atoms with van der Waals surface area (Å²) in [6.07, 6.45) is 2.35. The second kappa shape index (κ2) is 7.00. The molecule has 21 heavy (non-hydrogen) atoms. The zero-order valence-corrected chi connectivity index (χ0v) is 12.7. The highest BCUT2D eigenvalue weighted by Crippen LogP contribution is 2.32. The lowest BCUT2D eigenvalue weighted by atomic mass is 9.96. The summed E-state index contributed by atoms with van der Waals surface area (Å²) in [4.78, 5) is 22.9. The molecule has 0 spiro atoms. The lowest BCUT2D eigenvalue weighted by Crippen LogP contribution is -2.35. The van der Waals surface area contributed by atoms with Crippen molar-refractivity contribution in [2.24, 2.45) is 11.8 Å². The van der Waals surface area contributed by atoms with E-state index in [2.05, 4.69) is 10.6 Å². The largest absolute Gasteiger partial charge is 0.481 e. The highest BCUT2D eigenvalue weighted by atomic mass is 35.5. The van der Waals surface area contributed by atoms with Crippen LogP contribution >= 0.6 is 23.2 Å². The van der Waals surface area contributed by atoms with Gasteiger partial charge in [0.15, 0.2) is 0 Å². The first-order valence-electron chi connectivity index (χ1n) is 6.70. The maximum absolute atomic E-state index is 11.9. The van der Waals surface area contributed by atoms with Gasteiger partial charge in [-0.3, -0.25) is 4.79 Å². The third-order valence-corrected chi connectivity index (χ3v) is 4.33. The third-order valence-electron chi connectivity index (χ3n) is 3.70. The topological polar surface area (TPSA) is 78.4 Å². The molecule has 2 unspecified atom stereocenters. The molecule has 1 aliphatic rings. The van der Waals surface area contributed by atoms with Crippen molar-refractivity contribution in [3.63, 3.8) is 0 Å². The normalized spacial score (nSPS) is 21.0. The molecule has 1 saturated carbocycles. The van der Waals surface area contributed by atoms with E-state index in [0.29, 0.717) is 28.7 Å². The van der Waals surface area contributed by atoms with Gasteiger partial charge in [-0.05, 0) is 30.9 Å². The first-order chi connectivity index (χ1) is 9.99. The zero-order valence-electron chi connectivity index (χ0n) is 11.2. The maximum atomic E-state index is 11.9. The van der Waals surface area contributed by atoms with Crippen LogP contribution in [0.25, 0.3) is 0 Å². The summed E-state index contributed by atoms with van der Waals surface area (Å²) in [6, 6.07) is 4.49. The first kappa shape index (κ1) is 15.9. The average molecular weight is 331 g/mol. The minimum absolute atomic E-state index is 0.0324. The Labute approximate surface area is 132 Å². The smallest absolute Gasteiger partial charge is 0.319 e. The summed E-state index contributed by atoms with van der Waals surface area (Å²) in [6.45, 7) is 0.324. The van der Waals surface area contributed by atoms with Gasteiger partial charge in [0, 0.05) is 6.54 Å². The fourth-order valence-corrected chi connectivity index (χ4v) is 3.10. The molecule has 2 amide bonds. The number of amides is 2. The molecular weight excluding hydrogens is 315 g/mol. The Morgan fingerprint density at radius 1 is 1.24 bits per heavy atom. The number of para-hydroxylation sites is 1. The van der Waals surface area contributed by atoms with Crippen LogP contribution in [0.5, 0.6) is 0 Å². The molecule has 5 nitrogen and oxygen atoms in total. The number of urea groups is 1. The number of hydrogen-bond donors (Lipinski definition) is 3. The Bertz CT molecular complexity index is 531. The van der Waals surface area contributed by atoms with Gasteiger partial charge in [-0.15, -0.1) is 0 Å². The first-order valence-corrected chi connectivity index (χ1v) is 7.46. The number of carboxylic acid groups (broad SMARTS) is 1. The average Bonchev–Trinajstić information content (AvgIpc) is 2.89. The Morgan fingerprint density at radius 2 is 1.90 bits per heavy atom. The van der Waals surface area contributed by atoms with Crippen LogP contribution in [-0.2, 0) is 4.79 Å². The summed E-state index contributed by atoms with van der Waals surface area (Å²) in [7, 11) is 0. The van der Waals surface area contributed by atoms with Gasteiger partial charge in [0.2, 0.25) is 0 Å². The minimum atomic E-state index is -0.797. The number of carbonyl (C=O) groups is 2. The lowest BCUT2D eigenvalue weighted by Gasteiger charge is -2.17. The van der Waals surface area contributed by atoms with Crippen molar-refractivity contribution in [1.29, 1.82) is 0 Å². The number of rotatable bonds is 4. The molecular formula is C14H16Cl2N2O3. The van der Waals surface area contributed by atoms with E-state index in [-0.39, 0.29) is 11.8 Å². The van der Waals surface area contributed by atoms with Gasteiger partial charge >= 0.3 is 12.0 Å². The van der Waals surface area contributed by atoms with Crippen LogP contribution in [0.15, 0.2) is 18.2 Å². The molecule has 2 rings (SSSR count). The number of anilines is 1. The predicted molar refractivity (Wildman–Crippen MR) is 82.0 cm³/mol. The summed E-state index contributed by atoms with van der Waals surface area (Å²) >= 11 is 11.9. The SMILES string of the molecule is O=C(NCC1CCCC1C(=O)O)Nc1c(Cl)cccc1Cl. The molecule has 3 N–H and O–H groups in total. The highest BCUT2D eigenvalue weighted by molar-refractivity contribution is 6.39. The molecule has 7 heteroatoms. The Kier molecular flexibility index (Phi) is 5.31. The van der Waals surface area contributed by atoms with Gasteiger partial charge in [0.05, 0.1) is 21.7 Å². The molecule has 0 radical (unpaired) electrons. The maximum Gasteiger partial charge on any atom is 0.319 e. The predicted octanol–water partition coefficient (Wildman–Crippen LogP) is 3.62. The Hall–Kier alpha value is -1.46. The van der Waals surface area contributed by atoms with Gasteiger partial charge in [0.25, 0.3) is 0 Å². The van der Waals surface area contributed by atoms with E-state index in [4.69, 9.17) is 28.3 Å². The molecule has 2 atom stereocenters. The molecule has 1 aromatic rings. The highest BCUT2D eigenvalue weighted by Gasteiger charge is 2.32. The fraction of sp³-hybridized carbons (Fsp3) is 0.429. The van der Waals surface area contributed by atoms with Crippen molar-refractivity contribution in [3.05, 3.63) is 28.2 Å². The van der Waals surface area contributed by atoms with Crippen molar-refractivity contribution >= 4 is 40.9 Å². The number of carbonyl (C=O) groups excluding carboxylic acids is 1. The van der Waals surface area contributed by atoms with Crippen LogP contribution in [0.2, 0.25) is 10.0 Å². The molecule has 0 aliphatic heterocycles. The molecule has 1 fully saturated rings. The van der Waals surface area contributed by atoms with Gasteiger partial charge in [-0.2, -0.15) is 0 Å². The van der Waals surface area contributed by atoms with E-state index in [9.17, 15) is 9.59 Å². The van der Waals surface area contributed by atoms with Crippen LogP contribution in [-0.4, -0.2) is 23.7 Å². The summed E-state index contributed by atoms with van der Waals surface area (Å²) in [5.74, 6) is -1.21. The van der Waals surface area contributed by atoms with Crippen LogP contribution in [0.1, 0.15) is 19.3 Å². The summed E-state index contributed by atoms with van der Waals surface area (Å²) in [5.41, 5.74) is 0.347. The number of hydrogen-bond acceptors (Lipinski definition) is 2. The Morgan fingerprint density at radius 3 is 2.52 bits per heavy atom. The molecule has 0 heterocycles. The minimum Gasteiger partial charge on any atom is -0.481 e. The molecule has 114 valence electrons. The number of halogens is 2. The summed E-state index contributed by atoms with van der Waals surface area (Å²) < 4.78 is 0. The van der Waals surface area contributed by atoms with Gasteiger partial charge in [-0.25, -0.2) is 4.79 Å². The van der Waals surface area contributed by atoms with Crippen LogP contribution in [0.3, 0.4) is 0 Å². The van der Waals surface area contributed by atoms with Crippen molar-refractivity contribution in [2.45, 2.75) is 19.3 Å². The van der Waals surface area contributed by atoms with Gasteiger partial charge in [-0.1, -0.05) is 35.7 Å². The van der Waals surface area contributed by atoms with E-state index in [1.54, 1.807) is 18.2 Å². The second-order valence-corrected chi connectivity index (χ2v) is 5.88. The summed E-state index contributed by atoms with van der Waals surface area (Å²) in [5, 5.41) is 15.1. The number of benzene rings is 1. The van der Waals surface area contributed by atoms with E-state index in [0.717, 1.165) is 12.8 Å². The van der Waals surface area contributed by atoms with Crippen molar-refractivity contribution < 1.29 is 14.7 Å². The van der Waals surface area contributed by atoms with Crippen LogP contribution < -0.4 is 10.6 Å². The quantitative estimate of drug-likeness (QED) is 0.788.